The number of piperazine rings is 1. The zero-order valence-corrected chi connectivity index (χ0v) is 14.0. The predicted octanol–water partition coefficient (Wildman–Crippen LogP) is 1.28. The number of rotatable bonds is 4. The predicted molar refractivity (Wildman–Crippen MR) is 86.1 cm³/mol. The standard InChI is InChI=1S/C15H23N3O3.ClH/c1-10(2)13(17-14(19)12-5-4-8-21-12)15(20)18-7-6-16-11(3)9-18;/h4-5,8,10-11,13,16H,6-7,9H2,1-3H3,(H,17,19);1H. The number of carbonyl (C=O) groups excluding carboxylic acids is 2. The van der Waals surface area contributed by atoms with Crippen molar-refractivity contribution in [1.29, 1.82) is 0 Å². The number of halogens is 1. The van der Waals surface area contributed by atoms with E-state index in [0.717, 1.165) is 6.54 Å². The molecule has 7 heteroatoms. The molecule has 0 spiro atoms. The molecule has 2 amide bonds. The smallest absolute Gasteiger partial charge is 0.287 e. The van der Waals surface area contributed by atoms with Crippen LogP contribution >= 0.6 is 12.4 Å². The number of hydrogen-bond acceptors (Lipinski definition) is 4. The van der Waals surface area contributed by atoms with Crippen molar-refractivity contribution < 1.29 is 14.0 Å². The quantitative estimate of drug-likeness (QED) is 0.872. The molecule has 2 N–H and O–H groups in total. The maximum atomic E-state index is 12.6. The van der Waals surface area contributed by atoms with Crippen LogP contribution in [0.3, 0.4) is 0 Å². The minimum Gasteiger partial charge on any atom is -0.459 e. The van der Waals surface area contributed by atoms with Crippen LogP contribution in [0, 0.1) is 5.92 Å². The van der Waals surface area contributed by atoms with Crippen LogP contribution in [0.1, 0.15) is 31.3 Å². The molecule has 2 atom stereocenters. The molecule has 1 aromatic heterocycles. The summed E-state index contributed by atoms with van der Waals surface area (Å²) in [5.74, 6) is -0.141. The van der Waals surface area contributed by atoms with Crippen molar-refractivity contribution >= 4 is 24.2 Å². The molecule has 0 saturated carbocycles. The Hall–Kier alpha value is -1.53. The van der Waals surface area contributed by atoms with Crippen molar-refractivity contribution in [3.63, 3.8) is 0 Å². The topological polar surface area (TPSA) is 74.6 Å². The first kappa shape index (κ1) is 18.5. The number of amides is 2. The molecule has 1 fully saturated rings. The normalized spacial score (nSPS) is 19.5. The van der Waals surface area contributed by atoms with Gasteiger partial charge >= 0.3 is 0 Å². The average molecular weight is 330 g/mol. The molecule has 2 unspecified atom stereocenters. The minimum absolute atomic E-state index is 0. The van der Waals surface area contributed by atoms with E-state index >= 15 is 0 Å². The van der Waals surface area contributed by atoms with Crippen LogP contribution in [-0.2, 0) is 4.79 Å². The number of nitrogens with one attached hydrogen (secondary N) is 2. The molecule has 0 radical (unpaired) electrons. The molecule has 0 aliphatic carbocycles. The fourth-order valence-corrected chi connectivity index (χ4v) is 2.46. The van der Waals surface area contributed by atoms with Crippen LogP contribution in [0.4, 0.5) is 0 Å². The van der Waals surface area contributed by atoms with Crippen LogP contribution in [0.15, 0.2) is 22.8 Å². The summed E-state index contributed by atoms with van der Waals surface area (Å²) in [5.41, 5.74) is 0. The Morgan fingerprint density at radius 1 is 1.45 bits per heavy atom. The van der Waals surface area contributed by atoms with Crippen LogP contribution in [-0.4, -0.2) is 48.4 Å². The summed E-state index contributed by atoms with van der Waals surface area (Å²) >= 11 is 0. The van der Waals surface area contributed by atoms with Gasteiger partial charge in [-0.2, -0.15) is 0 Å². The highest BCUT2D eigenvalue weighted by Crippen LogP contribution is 2.10. The molecule has 2 rings (SSSR count). The maximum Gasteiger partial charge on any atom is 0.287 e. The minimum atomic E-state index is -0.534. The molecule has 6 nitrogen and oxygen atoms in total. The van der Waals surface area contributed by atoms with E-state index in [1.54, 1.807) is 12.1 Å². The van der Waals surface area contributed by atoms with Gasteiger partial charge in [-0.25, -0.2) is 0 Å². The van der Waals surface area contributed by atoms with Crippen LogP contribution in [0.2, 0.25) is 0 Å². The van der Waals surface area contributed by atoms with Gasteiger partial charge in [0.2, 0.25) is 5.91 Å². The number of nitrogens with zero attached hydrogens (tertiary/aromatic N) is 1. The second-order valence-electron chi connectivity index (χ2n) is 5.81. The molecule has 0 bridgehead atoms. The second kappa shape index (κ2) is 8.19. The van der Waals surface area contributed by atoms with Gasteiger partial charge in [0.25, 0.3) is 5.91 Å². The third-order valence-electron chi connectivity index (χ3n) is 3.64. The SMILES string of the molecule is CC1CN(C(=O)C(NC(=O)c2ccco2)C(C)C)CCN1.Cl. The Labute approximate surface area is 137 Å². The first-order valence-electron chi connectivity index (χ1n) is 7.35. The van der Waals surface area contributed by atoms with E-state index in [0.29, 0.717) is 13.1 Å². The van der Waals surface area contributed by atoms with Gasteiger partial charge in [0.15, 0.2) is 5.76 Å². The van der Waals surface area contributed by atoms with Crippen molar-refractivity contribution in [3.05, 3.63) is 24.2 Å². The summed E-state index contributed by atoms with van der Waals surface area (Å²) in [6, 6.07) is 2.98. The summed E-state index contributed by atoms with van der Waals surface area (Å²) in [6.45, 7) is 8.02. The second-order valence-corrected chi connectivity index (χ2v) is 5.81. The van der Waals surface area contributed by atoms with Gasteiger partial charge in [0, 0.05) is 25.7 Å². The van der Waals surface area contributed by atoms with E-state index in [2.05, 4.69) is 10.6 Å². The molecule has 1 aliphatic heterocycles. The van der Waals surface area contributed by atoms with E-state index in [-0.39, 0.29) is 41.9 Å². The average Bonchev–Trinajstić information content (AvgIpc) is 2.97. The van der Waals surface area contributed by atoms with Crippen LogP contribution in [0.25, 0.3) is 0 Å². The van der Waals surface area contributed by atoms with E-state index < -0.39 is 6.04 Å². The lowest BCUT2D eigenvalue weighted by atomic mass is 10.0. The highest BCUT2D eigenvalue weighted by atomic mass is 35.5. The molecule has 1 aromatic rings. The third-order valence-corrected chi connectivity index (χ3v) is 3.64. The summed E-state index contributed by atoms with van der Waals surface area (Å²) in [4.78, 5) is 26.5. The first-order chi connectivity index (χ1) is 9.99. The van der Waals surface area contributed by atoms with Crippen molar-refractivity contribution in [2.45, 2.75) is 32.9 Å². The molecular weight excluding hydrogens is 306 g/mol. The lowest BCUT2D eigenvalue weighted by Crippen LogP contribution is -2.57. The lowest BCUT2D eigenvalue weighted by Gasteiger charge is -2.35. The van der Waals surface area contributed by atoms with Crippen molar-refractivity contribution in [2.75, 3.05) is 19.6 Å². The van der Waals surface area contributed by atoms with Crippen LogP contribution in [0.5, 0.6) is 0 Å². The van der Waals surface area contributed by atoms with Crippen molar-refractivity contribution in [1.82, 2.24) is 15.5 Å². The molecule has 1 aliphatic rings. The lowest BCUT2D eigenvalue weighted by molar-refractivity contribution is -0.135. The van der Waals surface area contributed by atoms with Crippen molar-refractivity contribution in [2.24, 2.45) is 5.92 Å². The Kier molecular flexibility index (Phi) is 6.90. The zero-order chi connectivity index (χ0) is 15.4. The maximum absolute atomic E-state index is 12.6. The third kappa shape index (κ3) is 4.48. The fourth-order valence-electron chi connectivity index (χ4n) is 2.46. The Morgan fingerprint density at radius 2 is 2.18 bits per heavy atom. The Balaban J connectivity index is 0.00000242. The summed E-state index contributed by atoms with van der Waals surface area (Å²) in [7, 11) is 0. The largest absolute Gasteiger partial charge is 0.459 e. The number of furan rings is 1. The molecule has 124 valence electrons. The van der Waals surface area contributed by atoms with E-state index in [9.17, 15) is 9.59 Å². The Morgan fingerprint density at radius 3 is 2.73 bits per heavy atom. The van der Waals surface area contributed by atoms with Gasteiger partial charge < -0.3 is 20.0 Å². The van der Waals surface area contributed by atoms with Gasteiger partial charge in [-0.1, -0.05) is 13.8 Å². The number of hydrogen-bond donors (Lipinski definition) is 2. The monoisotopic (exact) mass is 329 g/mol. The highest BCUT2D eigenvalue weighted by Gasteiger charge is 2.31. The number of carbonyl (C=O) groups is 2. The van der Waals surface area contributed by atoms with Gasteiger partial charge in [0.1, 0.15) is 6.04 Å². The van der Waals surface area contributed by atoms with Gasteiger partial charge in [-0.15, -0.1) is 12.4 Å². The molecular formula is C15H24ClN3O3. The van der Waals surface area contributed by atoms with Gasteiger partial charge in [-0.3, -0.25) is 9.59 Å². The van der Waals surface area contributed by atoms with Gasteiger partial charge in [0.05, 0.1) is 6.26 Å². The van der Waals surface area contributed by atoms with E-state index in [4.69, 9.17) is 4.42 Å². The fraction of sp³-hybridized carbons (Fsp3) is 0.600. The highest BCUT2D eigenvalue weighted by molar-refractivity contribution is 5.95. The van der Waals surface area contributed by atoms with E-state index in [1.165, 1.54) is 6.26 Å². The molecule has 1 saturated heterocycles. The zero-order valence-electron chi connectivity index (χ0n) is 13.2. The summed E-state index contributed by atoms with van der Waals surface area (Å²) in [5, 5.41) is 6.09. The van der Waals surface area contributed by atoms with E-state index in [1.807, 2.05) is 25.7 Å². The molecule has 0 aromatic carbocycles. The first-order valence-corrected chi connectivity index (χ1v) is 7.35. The van der Waals surface area contributed by atoms with Gasteiger partial charge in [-0.05, 0) is 25.0 Å². The summed E-state index contributed by atoms with van der Waals surface area (Å²) in [6.07, 6.45) is 1.44. The molecule has 2 heterocycles. The molecule has 22 heavy (non-hydrogen) atoms. The van der Waals surface area contributed by atoms with Crippen molar-refractivity contribution in [3.8, 4) is 0 Å². The van der Waals surface area contributed by atoms with Crippen LogP contribution < -0.4 is 10.6 Å². The Bertz CT molecular complexity index is 490. The summed E-state index contributed by atoms with van der Waals surface area (Å²) < 4.78 is 5.07.